The molecular weight excluding hydrogens is 334 g/mol. The van der Waals surface area contributed by atoms with Gasteiger partial charge >= 0.3 is 0 Å². The summed E-state index contributed by atoms with van der Waals surface area (Å²) in [5.41, 5.74) is 0. The Morgan fingerprint density at radius 2 is 1.87 bits per heavy atom. The van der Waals surface area contributed by atoms with Crippen LogP contribution in [0, 0.1) is 0 Å². The van der Waals surface area contributed by atoms with Crippen LogP contribution in [0.4, 0.5) is 5.82 Å². The van der Waals surface area contributed by atoms with Gasteiger partial charge in [0.2, 0.25) is 10.0 Å². The Balaban J connectivity index is 1.58. The Morgan fingerprint density at radius 3 is 2.52 bits per heavy atom. The Bertz CT molecular complexity index is 740. The van der Waals surface area contributed by atoms with Gasteiger partial charge in [0.25, 0.3) is 0 Å². The van der Waals surface area contributed by atoms with Gasteiger partial charge in [-0.25, -0.2) is 28.1 Å². The molecule has 1 aliphatic carbocycles. The zero-order valence-electron chi connectivity index (χ0n) is 12.8. The summed E-state index contributed by atoms with van der Waals surface area (Å²) in [5.74, 6) is 1.40. The third-order valence-corrected chi connectivity index (χ3v) is 5.27. The molecular formula is C14H19N5O2S2. The average molecular weight is 353 g/mol. The maximum absolute atomic E-state index is 11.3. The first-order valence-corrected chi connectivity index (χ1v) is 10.2. The Morgan fingerprint density at radius 1 is 1.13 bits per heavy atom. The fourth-order valence-electron chi connectivity index (χ4n) is 2.74. The van der Waals surface area contributed by atoms with E-state index in [4.69, 9.17) is 0 Å². The van der Waals surface area contributed by atoms with Crippen LogP contribution in [0.15, 0.2) is 23.8 Å². The molecule has 23 heavy (non-hydrogen) atoms. The van der Waals surface area contributed by atoms with Crippen molar-refractivity contribution in [2.45, 2.75) is 37.8 Å². The summed E-state index contributed by atoms with van der Waals surface area (Å²) in [7, 11) is -3.13. The molecule has 1 aliphatic rings. The lowest BCUT2D eigenvalue weighted by Gasteiger charge is -2.29. The second-order valence-corrected chi connectivity index (χ2v) is 8.36. The molecule has 0 unspecified atom stereocenters. The minimum atomic E-state index is -3.13. The molecule has 2 aromatic heterocycles. The quantitative estimate of drug-likeness (QED) is 0.852. The molecule has 3 rings (SSSR count). The summed E-state index contributed by atoms with van der Waals surface area (Å²) in [4.78, 5) is 13.0. The summed E-state index contributed by atoms with van der Waals surface area (Å²) in [6.45, 7) is 0. The predicted octanol–water partition coefficient (Wildman–Crippen LogP) is 1.87. The normalized spacial score (nSPS) is 22.0. The highest BCUT2D eigenvalue weighted by atomic mass is 32.2. The van der Waals surface area contributed by atoms with Crippen LogP contribution in [0.3, 0.4) is 0 Å². The second kappa shape index (κ2) is 6.90. The van der Waals surface area contributed by atoms with Crippen LogP contribution in [-0.4, -0.2) is 41.7 Å². The molecule has 7 nitrogen and oxygen atoms in total. The molecule has 9 heteroatoms. The van der Waals surface area contributed by atoms with Crippen molar-refractivity contribution in [3.63, 3.8) is 0 Å². The molecule has 2 heterocycles. The second-order valence-electron chi connectivity index (χ2n) is 5.69. The lowest BCUT2D eigenvalue weighted by Crippen LogP contribution is -2.39. The number of hydrogen-bond donors (Lipinski definition) is 2. The SMILES string of the molecule is CS(=O)(=O)NC1CCC(Nc2ccnc(-c3nccs3)n2)CC1. The first kappa shape index (κ1) is 16.3. The first-order chi connectivity index (χ1) is 11.0. The summed E-state index contributed by atoms with van der Waals surface area (Å²) >= 11 is 1.51. The number of thiazole rings is 1. The van der Waals surface area contributed by atoms with E-state index in [0.29, 0.717) is 11.9 Å². The first-order valence-electron chi connectivity index (χ1n) is 7.46. The largest absolute Gasteiger partial charge is 0.367 e. The van der Waals surface area contributed by atoms with Gasteiger partial charge in [-0.3, -0.25) is 0 Å². The molecule has 0 amide bonds. The van der Waals surface area contributed by atoms with E-state index in [1.54, 1.807) is 12.4 Å². The molecule has 0 radical (unpaired) electrons. The fourth-order valence-corrected chi connectivity index (χ4v) is 4.16. The molecule has 2 aromatic rings. The van der Waals surface area contributed by atoms with Gasteiger partial charge in [0.05, 0.1) is 6.26 Å². The summed E-state index contributed by atoms with van der Waals surface area (Å²) < 4.78 is 25.2. The topological polar surface area (TPSA) is 96.9 Å². The van der Waals surface area contributed by atoms with Crippen LogP contribution in [0.5, 0.6) is 0 Å². The van der Waals surface area contributed by atoms with Gasteiger partial charge < -0.3 is 5.32 Å². The van der Waals surface area contributed by atoms with E-state index >= 15 is 0 Å². The summed E-state index contributed by atoms with van der Waals surface area (Å²) in [6, 6.07) is 2.18. The molecule has 124 valence electrons. The standard InChI is InChI=1S/C14H19N5O2S2/c1-23(20,21)19-11-4-2-10(3-5-11)17-12-6-7-15-13(18-12)14-16-8-9-22-14/h6-11,19H,2-5H2,1H3,(H,15,17,18). The van der Waals surface area contributed by atoms with Crippen LogP contribution in [0.1, 0.15) is 25.7 Å². The minimum absolute atomic E-state index is 0.0410. The van der Waals surface area contributed by atoms with Crippen LogP contribution in [-0.2, 0) is 10.0 Å². The van der Waals surface area contributed by atoms with E-state index in [2.05, 4.69) is 25.0 Å². The molecule has 0 aromatic carbocycles. The maximum Gasteiger partial charge on any atom is 0.208 e. The number of sulfonamides is 1. The molecule has 1 fully saturated rings. The van der Waals surface area contributed by atoms with Crippen molar-refractivity contribution < 1.29 is 8.42 Å². The third kappa shape index (κ3) is 4.69. The predicted molar refractivity (Wildman–Crippen MR) is 90.8 cm³/mol. The Kier molecular flexibility index (Phi) is 4.88. The highest BCUT2D eigenvalue weighted by Crippen LogP contribution is 2.23. The fraction of sp³-hybridized carbons (Fsp3) is 0.500. The molecule has 1 saturated carbocycles. The monoisotopic (exact) mass is 353 g/mol. The summed E-state index contributed by atoms with van der Waals surface area (Å²) in [6.07, 6.45) is 8.14. The van der Waals surface area contributed by atoms with Gasteiger partial charge in [-0.05, 0) is 31.7 Å². The molecule has 0 aliphatic heterocycles. The van der Waals surface area contributed by atoms with Crippen molar-refractivity contribution >= 4 is 27.2 Å². The minimum Gasteiger partial charge on any atom is -0.367 e. The zero-order valence-corrected chi connectivity index (χ0v) is 14.4. The van der Waals surface area contributed by atoms with Crippen molar-refractivity contribution in [1.82, 2.24) is 19.7 Å². The van der Waals surface area contributed by atoms with Crippen LogP contribution in [0.25, 0.3) is 10.8 Å². The van der Waals surface area contributed by atoms with Crippen molar-refractivity contribution in [2.75, 3.05) is 11.6 Å². The molecule has 0 spiro atoms. The van der Waals surface area contributed by atoms with Crippen LogP contribution >= 0.6 is 11.3 Å². The van der Waals surface area contributed by atoms with Gasteiger partial charge in [-0.1, -0.05) is 0 Å². The Labute approximate surface area is 139 Å². The van der Waals surface area contributed by atoms with Crippen molar-refractivity contribution in [3.8, 4) is 10.8 Å². The summed E-state index contributed by atoms with van der Waals surface area (Å²) in [5, 5.41) is 6.11. The van der Waals surface area contributed by atoms with E-state index in [1.807, 2.05) is 11.4 Å². The lowest BCUT2D eigenvalue weighted by atomic mass is 9.92. The maximum atomic E-state index is 11.3. The van der Waals surface area contributed by atoms with Gasteiger partial charge in [0, 0.05) is 29.9 Å². The Hall–Kier alpha value is -1.58. The molecule has 0 bridgehead atoms. The van der Waals surface area contributed by atoms with Gasteiger partial charge in [-0.15, -0.1) is 11.3 Å². The number of hydrogen-bond acceptors (Lipinski definition) is 7. The van der Waals surface area contributed by atoms with Gasteiger partial charge in [-0.2, -0.15) is 0 Å². The van der Waals surface area contributed by atoms with E-state index in [1.165, 1.54) is 17.6 Å². The van der Waals surface area contributed by atoms with Crippen LogP contribution in [0.2, 0.25) is 0 Å². The highest BCUT2D eigenvalue weighted by molar-refractivity contribution is 7.88. The molecule has 0 atom stereocenters. The van der Waals surface area contributed by atoms with E-state index in [9.17, 15) is 8.42 Å². The zero-order chi connectivity index (χ0) is 16.3. The number of nitrogens with one attached hydrogen (secondary N) is 2. The van der Waals surface area contributed by atoms with Crippen molar-refractivity contribution in [2.24, 2.45) is 0 Å². The van der Waals surface area contributed by atoms with Gasteiger partial charge in [0.15, 0.2) is 10.8 Å². The highest BCUT2D eigenvalue weighted by Gasteiger charge is 2.23. The number of rotatable bonds is 5. The molecule has 0 saturated heterocycles. The van der Waals surface area contributed by atoms with Crippen LogP contribution < -0.4 is 10.0 Å². The number of aromatic nitrogens is 3. The third-order valence-electron chi connectivity index (χ3n) is 3.74. The molecule has 2 N–H and O–H groups in total. The lowest BCUT2D eigenvalue weighted by molar-refractivity contribution is 0.387. The smallest absolute Gasteiger partial charge is 0.208 e. The average Bonchev–Trinajstić information content (AvgIpc) is 3.02. The van der Waals surface area contributed by atoms with Crippen molar-refractivity contribution in [3.05, 3.63) is 23.8 Å². The van der Waals surface area contributed by atoms with E-state index in [-0.39, 0.29) is 6.04 Å². The number of anilines is 1. The van der Waals surface area contributed by atoms with E-state index in [0.717, 1.165) is 36.5 Å². The number of nitrogens with zero attached hydrogens (tertiary/aromatic N) is 3. The van der Waals surface area contributed by atoms with Gasteiger partial charge in [0.1, 0.15) is 5.82 Å². The van der Waals surface area contributed by atoms with Crippen molar-refractivity contribution in [1.29, 1.82) is 0 Å². The van der Waals surface area contributed by atoms with E-state index < -0.39 is 10.0 Å².